The fraction of sp³-hybridized carbons (Fsp3) is 0.312. The first-order valence-electron chi connectivity index (χ1n) is 6.71. The standard InChI is InChI=1S/C16H15ClO3/c1-2-19-16(18)10-3-5-14-11(7-10)8-12-9-13(17)4-6-15(12)20-14/h3-7,12H,2,8-9H2,1H3. The van der Waals surface area contributed by atoms with Crippen molar-refractivity contribution in [2.24, 2.45) is 5.92 Å². The molecule has 0 amide bonds. The number of fused-ring (bicyclic) bond motifs is 2. The summed E-state index contributed by atoms with van der Waals surface area (Å²) in [5.41, 5.74) is 1.60. The Labute approximate surface area is 122 Å². The van der Waals surface area contributed by atoms with Crippen molar-refractivity contribution in [2.45, 2.75) is 19.8 Å². The number of esters is 1. The molecule has 0 fully saturated rings. The molecule has 0 saturated carbocycles. The normalized spacial score (nSPS) is 20.0. The second kappa shape index (κ2) is 5.33. The van der Waals surface area contributed by atoms with Crippen LogP contribution in [0, 0.1) is 5.92 Å². The molecule has 0 saturated heterocycles. The molecular weight excluding hydrogens is 276 g/mol. The van der Waals surface area contributed by atoms with Crippen LogP contribution in [-0.4, -0.2) is 12.6 Å². The number of carbonyl (C=O) groups excluding carboxylic acids is 1. The molecule has 3 rings (SSSR count). The summed E-state index contributed by atoms with van der Waals surface area (Å²) >= 11 is 6.07. The van der Waals surface area contributed by atoms with E-state index in [0.717, 1.165) is 34.9 Å². The largest absolute Gasteiger partial charge is 0.462 e. The van der Waals surface area contributed by atoms with Crippen LogP contribution in [0.25, 0.3) is 0 Å². The predicted octanol–water partition coefficient (Wildman–Crippen LogP) is 3.82. The van der Waals surface area contributed by atoms with Gasteiger partial charge in [0.2, 0.25) is 0 Å². The molecule has 1 aliphatic heterocycles. The summed E-state index contributed by atoms with van der Waals surface area (Å²) in [6.45, 7) is 2.18. The van der Waals surface area contributed by atoms with Crippen molar-refractivity contribution in [3.8, 4) is 5.75 Å². The molecule has 1 aromatic rings. The molecule has 0 spiro atoms. The van der Waals surface area contributed by atoms with Crippen LogP contribution in [-0.2, 0) is 11.2 Å². The van der Waals surface area contributed by atoms with Gasteiger partial charge in [0.1, 0.15) is 11.5 Å². The topological polar surface area (TPSA) is 35.5 Å². The Kier molecular flexibility index (Phi) is 3.53. The van der Waals surface area contributed by atoms with Gasteiger partial charge in [-0.15, -0.1) is 0 Å². The van der Waals surface area contributed by atoms with E-state index in [9.17, 15) is 4.79 Å². The Morgan fingerprint density at radius 3 is 3.05 bits per heavy atom. The van der Waals surface area contributed by atoms with Crippen molar-refractivity contribution in [2.75, 3.05) is 6.61 Å². The van der Waals surface area contributed by atoms with Crippen molar-refractivity contribution in [3.63, 3.8) is 0 Å². The lowest BCUT2D eigenvalue weighted by Crippen LogP contribution is -2.21. The molecule has 0 N–H and O–H groups in total. The molecule has 0 radical (unpaired) electrons. The van der Waals surface area contributed by atoms with E-state index >= 15 is 0 Å². The molecule has 1 aromatic carbocycles. The van der Waals surface area contributed by atoms with Gasteiger partial charge < -0.3 is 9.47 Å². The SMILES string of the molecule is CCOC(=O)c1ccc2c(c1)CC1CC(Cl)=CC=C1O2. The van der Waals surface area contributed by atoms with Gasteiger partial charge in [-0.05, 0) is 55.7 Å². The molecule has 104 valence electrons. The highest BCUT2D eigenvalue weighted by atomic mass is 35.5. The molecule has 2 aliphatic rings. The molecule has 3 nitrogen and oxygen atoms in total. The van der Waals surface area contributed by atoms with Gasteiger partial charge in [0, 0.05) is 11.0 Å². The number of hydrogen-bond acceptors (Lipinski definition) is 3. The Hall–Kier alpha value is -1.74. The summed E-state index contributed by atoms with van der Waals surface area (Å²) in [5.74, 6) is 1.73. The van der Waals surface area contributed by atoms with Gasteiger partial charge in [-0.3, -0.25) is 0 Å². The Bertz CT molecular complexity index is 616. The van der Waals surface area contributed by atoms with Gasteiger partial charge in [0.15, 0.2) is 0 Å². The third-order valence-electron chi connectivity index (χ3n) is 3.54. The number of carbonyl (C=O) groups is 1. The predicted molar refractivity (Wildman–Crippen MR) is 76.9 cm³/mol. The number of ether oxygens (including phenoxy) is 2. The first-order chi connectivity index (χ1) is 9.67. The molecule has 0 bridgehead atoms. The van der Waals surface area contributed by atoms with Gasteiger partial charge in [-0.25, -0.2) is 4.79 Å². The highest BCUT2D eigenvalue weighted by Crippen LogP contribution is 2.39. The molecule has 1 unspecified atom stereocenters. The van der Waals surface area contributed by atoms with Crippen molar-refractivity contribution in [1.82, 2.24) is 0 Å². The Morgan fingerprint density at radius 1 is 1.40 bits per heavy atom. The maximum absolute atomic E-state index is 11.8. The number of halogens is 1. The Balaban J connectivity index is 1.88. The Morgan fingerprint density at radius 2 is 2.25 bits per heavy atom. The molecule has 1 atom stereocenters. The molecular formula is C16H15ClO3. The highest BCUT2D eigenvalue weighted by Gasteiger charge is 2.28. The van der Waals surface area contributed by atoms with Crippen LogP contribution < -0.4 is 4.74 Å². The maximum atomic E-state index is 11.8. The van der Waals surface area contributed by atoms with Gasteiger partial charge in [0.25, 0.3) is 0 Å². The van der Waals surface area contributed by atoms with E-state index in [2.05, 4.69) is 0 Å². The zero-order valence-corrected chi connectivity index (χ0v) is 11.9. The summed E-state index contributed by atoms with van der Waals surface area (Å²) in [6.07, 6.45) is 5.43. The minimum absolute atomic E-state index is 0.262. The van der Waals surface area contributed by atoms with Crippen LogP contribution in [0.5, 0.6) is 5.75 Å². The average molecular weight is 291 g/mol. The van der Waals surface area contributed by atoms with E-state index in [0.29, 0.717) is 12.2 Å². The van der Waals surface area contributed by atoms with Crippen LogP contribution >= 0.6 is 11.6 Å². The molecule has 0 aromatic heterocycles. The first-order valence-corrected chi connectivity index (χ1v) is 7.09. The number of benzene rings is 1. The quantitative estimate of drug-likeness (QED) is 0.777. The van der Waals surface area contributed by atoms with E-state index in [1.165, 1.54) is 0 Å². The number of hydrogen-bond donors (Lipinski definition) is 0. The lowest BCUT2D eigenvalue weighted by molar-refractivity contribution is 0.0526. The molecule has 1 heterocycles. The molecule has 20 heavy (non-hydrogen) atoms. The average Bonchev–Trinajstić information content (AvgIpc) is 2.44. The number of allylic oxidation sites excluding steroid dienone is 4. The van der Waals surface area contributed by atoms with Crippen LogP contribution in [0.4, 0.5) is 0 Å². The van der Waals surface area contributed by atoms with E-state index in [1.807, 2.05) is 24.3 Å². The summed E-state index contributed by atoms with van der Waals surface area (Å²) in [4.78, 5) is 11.8. The van der Waals surface area contributed by atoms with Crippen molar-refractivity contribution in [3.05, 3.63) is 52.3 Å². The van der Waals surface area contributed by atoms with Gasteiger partial charge in [-0.1, -0.05) is 11.6 Å². The van der Waals surface area contributed by atoms with Crippen molar-refractivity contribution in [1.29, 1.82) is 0 Å². The summed E-state index contributed by atoms with van der Waals surface area (Å²) in [6, 6.07) is 5.43. The minimum atomic E-state index is -0.293. The van der Waals surface area contributed by atoms with E-state index in [1.54, 1.807) is 13.0 Å². The van der Waals surface area contributed by atoms with Gasteiger partial charge in [-0.2, -0.15) is 0 Å². The van der Waals surface area contributed by atoms with Crippen LogP contribution in [0.15, 0.2) is 41.1 Å². The lowest BCUT2D eigenvalue weighted by atomic mass is 9.88. The smallest absolute Gasteiger partial charge is 0.338 e. The highest BCUT2D eigenvalue weighted by molar-refractivity contribution is 6.29. The minimum Gasteiger partial charge on any atom is -0.462 e. The van der Waals surface area contributed by atoms with E-state index in [-0.39, 0.29) is 11.9 Å². The maximum Gasteiger partial charge on any atom is 0.338 e. The second-order valence-corrected chi connectivity index (χ2v) is 5.42. The van der Waals surface area contributed by atoms with Crippen molar-refractivity contribution < 1.29 is 14.3 Å². The zero-order chi connectivity index (χ0) is 14.1. The van der Waals surface area contributed by atoms with E-state index < -0.39 is 0 Å². The van der Waals surface area contributed by atoms with Gasteiger partial charge >= 0.3 is 5.97 Å². The summed E-state index contributed by atoms with van der Waals surface area (Å²) < 4.78 is 10.9. The number of rotatable bonds is 2. The van der Waals surface area contributed by atoms with Crippen molar-refractivity contribution >= 4 is 17.6 Å². The van der Waals surface area contributed by atoms with Crippen LogP contribution in [0.3, 0.4) is 0 Å². The lowest BCUT2D eigenvalue weighted by Gasteiger charge is -2.29. The van der Waals surface area contributed by atoms with Crippen LogP contribution in [0.1, 0.15) is 29.3 Å². The fourth-order valence-corrected chi connectivity index (χ4v) is 2.82. The third kappa shape index (κ3) is 2.46. The van der Waals surface area contributed by atoms with E-state index in [4.69, 9.17) is 21.1 Å². The summed E-state index contributed by atoms with van der Waals surface area (Å²) in [7, 11) is 0. The summed E-state index contributed by atoms with van der Waals surface area (Å²) in [5, 5.41) is 0.840. The zero-order valence-electron chi connectivity index (χ0n) is 11.2. The molecule has 4 heteroatoms. The monoisotopic (exact) mass is 290 g/mol. The van der Waals surface area contributed by atoms with Gasteiger partial charge in [0.05, 0.1) is 12.2 Å². The second-order valence-electron chi connectivity index (χ2n) is 4.93. The fourth-order valence-electron chi connectivity index (χ4n) is 2.58. The van der Waals surface area contributed by atoms with Crippen LogP contribution in [0.2, 0.25) is 0 Å². The first kappa shape index (κ1) is 13.3. The molecule has 1 aliphatic carbocycles. The third-order valence-corrected chi connectivity index (χ3v) is 3.82.